The van der Waals surface area contributed by atoms with Crippen molar-refractivity contribution < 1.29 is 9.59 Å². The summed E-state index contributed by atoms with van der Waals surface area (Å²) in [5.41, 5.74) is 2.53. The Balaban J connectivity index is 1.19. The van der Waals surface area contributed by atoms with Gasteiger partial charge in [0.05, 0.1) is 58.3 Å². The van der Waals surface area contributed by atoms with E-state index in [0.717, 1.165) is 63.0 Å². The number of hydrogen-bond donors (Lipinski definition) is 2. The van der Waals surface area contributed by atoms with E-state index in [1.807, 2.05) is 26.7 Å². The van der Waals surface area contributed by atoms with Crippen LogP contribution in [0.3, 0.4) is 0 Å². The van der Waals surface area contributed by atoms with Gasteiger partial charge in [0.2, 0.25) is 17.8 Å². The van der Waals surface area contributed by atoms with Crippen molar-refractivity contribution in [1.29, 1.82) is 0 Å². The van der Waals surface area contributed by atoms with Crippen LogP contribution in [0.25, 0.3) is 11.3 Å². The standard InChI is InChI=1S/C27H32ClN9O2/c1-18(38)35-9-2-3-21(17-35)37-16-19(12-32-37)24-23(28)15-31-26(34-24)33-20-11-22(14-30-13-20)36-10-6-27(25(36)39)4-7-29-8-5-27/h11-16,21,29H,2-10,17H2,1H3,(H,31,33,34). The molecule has 0 bridgehead atoms. The molecule has 3 saturated heterocycles. The lowest BCUT2D eigenvalue weighted by molar-refractivity contribution is -0.130. The fraction of sp³-hybridized carbons (Fsp3) is 0.481. The maximum Gasteiger partial charge on any atom is 0.233 e. The van der Waals surface area contributed by atoms with Gasteiger partial charge in [0.15, 0.2) is 0 Å². The van der Waals surface area contributed by atoms with Crippen molar-refractivity contribution in [3.8, 4) is 11.3 Å². The van der Waals surface area contributed by atoms with E-state index >= 15 is 0 Å². The zero-order valence-corrected chi connectivity index (χ0v) is 22.7. The van der Waals surface area contributed by atoms with E-state index in [9.17, 15) is 9.59 Å². The normalized spacial score (nSPS) is 21.0. The van der Waals surface area contributed by atoms with Gasteiger partial charge >= 0.3 is 0 Å². The zero-order chi connectivity index (χ0) is 27.0. The number of nitrogens with one attached hydrogen (secondary N) is 2. The number of aromatic nitrogens is 5. The Labute approximate surface area is 232 Å². The predicted octanol–water partition coefficient (Wildman–Crippen LogP) is 3.42. The van der Waals surface area contributed by atoms with Gasteiger partial charge in [-0.15, -0.1) is 0 Å². The fourth-order valence-corrected chi connectivity index (χ4v) is 6.16. The number of nitrogens with zero attached hydrogens (tertiary/aromatic N) is 7. The van der Waals surface area contributed by atoms with Crippen molar-refractivity contribution in [1.82, 2.24) is 34.9 Å². The lowest BCUT2D eigenvalue weighted by Gasteiger charge is -2.32. The monoisotopic (exact) mass is 549 g/mol. The zero-order valence-electron chi connectivity index (χ0n) is 21.9. The van der Waals surface area contributed by atoms with Gasteiger partial charge in [-0.3, -0.25) is 19.3 Å². The molecule has 3 aromatic rings. The molecule has 3 aliphatic heterocycles. The summed E-state index contributed by atoms with van der Waals surface area (Å²) in [6.07, 6.45) is 13.1. The number of hydrogen-bond acceptors (Lipinski definition) is 8. The first-order valence-electron chi connectivity index (χ1n) is 13.5. The molecule has 1 atom stereocenters. The second kappa shape index (κ2) is 10.5. The highest BCUT2D eigenvalue weighted by atomic mass is 35.5. The Morgan fingerprint density at radius 2 is 2.00 bits per heavy atom. The van der Waals surface area contributed by atoms with E-state index in [2.05, 4.69) is 30.7 Å². The molecule has 2 N–H and O–H groups in total. The summed E-state index contributed by atoms with van der Waals surface area (Å²) in [5, 5.41) is 11.5. The van der Waals surface area contributed by atoms with Gasteiger partial charge in [-0.2, -0.15) is 5.10 Å². The number of piperidine rings is 2. The van der Waals surface area contributed by atoms with Crippen LogP contribution in [0.1, 0.15) is 45.1 Å². The minimum Gasteiger partial charge on any atom is -0.341 e. The smallest absolute Gasteiger partial charge is 0.233 e. The summed E-state index contributed by atoms with van der Waals surface area (Å²) < 4.78 is 1.89. The van der Waals surface area contributed by atoms with Gasteiger partial charge < -0.3 is 20.4 Å². The SMILES string of the molecule is CC(=O)N1CCCC(n2cc(-c3nc(Nc4cncc(N5CCC6(CCNCC6)C5=O)c4)ncc3Cl)cn2)C1. The highest BCUT2D eigenvalue weighted by Gasteiger charge is 2.47. The molecule has 6 rings (SSSR count). The van der Waals surface area contributed by atoms with Crippen molar-refractivity contribution in [3.63, 3.8) is 0 Å². The minimum absolute atomic E-state index is 0.0834. The van der Waals surface area contributed by atoms with E-state index in [4.69, 9.17) is 11.6 Å². The van der Waals surface area contributed by atoms with Crippen molar-refractivity contribution in [3.05, 3.63) is 42.1 Å². The Morgan fingerprint density at radius 1 is 1.15 bits per heavy atom. The number of anilines is 3. The van der Waals surface area contributed by atoms with Crippen molar-refractivity contribution in [2.24, 2.45) is 5.41 Å². The molecule has 1 unspecified atom stereocenters. The molecular formula is C27H32ClN9O2. The Bertz CT molecular complexity index is 1390. The van der Waals surface area contributed by atoms with Crippen LogP contribution in [0.4, 0.5) is 17.3 Å². The van der Waals surface area contributed by atoms with Crippen LogP contribution in [-0.4, -0.2) is 74.2 Å². The second-order valence-corrected chi connectivity index (χ2v) is 11.1. The van der Waals surface area contributed by atoms with Crippen molar-refractivity contribution >= 4 is 40.7 Å². The van der Waals surface area contributed by atoms with Crippen LogP contribution in [0.15, 0.2) is 37.1 Å². The molecule has 0 aliphatic carbocycles. The van der Waals surface area contributed by atoms with E-state index in [1.165, 1.54) is 0 Å². The van der Waals surface area contributed by atoms with Crippen LogP contribution in [0.2, 0.25) is 5.02 Å². The van der Waals surface area contributed by atoms with Gasteiger partial charge in [0, 0.05) is 38.3 Å². The third-order valence-corrected chi connectivity index (χ3v) is 8.48. The minimum atomic E-state index is -0.255. The average Bonchev–Trinajstić information content (AvgIpc) is 3.56. The molecule has 0 radical (unpaired) electrons. The molecule has 3 aliphatic rings. The third kappa shape index (κ3) is 5.08. The molecule has 0 saturated carbocycles. The number of rotatable bonds is 5. The highest BCUT2D eigenvalue weighted by molar-refractivity contribution is 6.32. The molecule has 39 heavy (non-hydrogen) atoms. The largest absolute Gasteiger partial charge is 0.341 e. The molecule has 2 amide bonds. The van der Waals surface area contributed by atoms with E-state index in [-0.39, 0.29) is 23.3 Å². The lowest BCUT2D eigenvalue weighted by atomic mass is 9.78. The molecule has 1 spiro atoms. The Kier molecular flexibility index (Phi) is 6.94. The van der Waals surface area contributed by atoms with E-state index < -0.39 is 0 Å². The molecule has 12 heteroatoms. The average molecular weight is 550 g/mol. The first-order chi connectivity index (χ1) is 18.9. The second-order valence-electron chi connectivity index (χ2n) is 10.7. The number of pyridine rings is 1. The highest BCUT2D eigenvalue weighted by Crippen LogP contribution is 2.42. The predicted molar refractivity (Wildman–Crippen MR) is 148 cm³/mol. The number of amides is 2. The quantitative estimate of drug-likeness (QED) is 0.496. The van der Waals surface area contributed by atoms with Crippen LogP contribution in [-0.2, 0) is 9.59 Å². The van der Waals surface area contributed by atoms with Gasteiger partial charge in [-0.1, -0.05) is 11.6 Å². The van der Waals surface area contributed by atoms with Crippen LogP contribution >= 0.6 is 11.6 Å². The summed E-state index contributed by atoms with van der Waals surface area (Å²) >= 11 is 6.49. The number of likely N-dealkylation sites (tertiary alicyclic amines) is 1. The van der Waals surface area contributed by atoms with Crippen LogP contribution in [0, 0.1) is 5.41 Å². The van der Waals surface area contributed by atoms with Gasteiger partial charge in [0.1, 0.15) is 0 Å². The first-order valence-corrected chi connectivity index (χ1v) is 13.9. The maximum absolute atomic E-state index is 13.3. The summed E-state index contributed by atoms with van der Waals surface area (Å²) in [7, 11) is 0. The summed E-state index contributed by atoms with van der Waals surface area (Å²) in [5.74, 6) is 0.638. The lowest BCUT2D eigenvalue weighted by Crippen LogP contribution is -2.42. The van der Waals surface area contributed by atoms with Crippen molar-refractivity contribution in [2.75, 3.05) is 42.9 Å². The molecule has 3 aromatic heterocycles. The maximum atomic E-state index is 13.3. The molecule has 6 heterocycles. The molecule has 3 fully saturated rings. The van der Waals surface area contributed by atoms with E-state index in [0.29, 0.717) is 35.4 Å². The molecule has 204 valence electrons. The third-order valence-electron chi connectivity index (χ3n) is 8.20. The van der Waals surface area contributed by atoms with Crippen molar-refractivity contribution in [2.45, 2.75) is 45.1 Å². The molecular weight excluding hydrogens is 518 g/mol. The molecule has 11 nitrogen and oxygen atoms in total. The first kappa shape index (κ1) is 25.7. The van der Waals surface area contributed by atoms with Gasteiger partial charge in [0.25, 0.3) is 0 Å². The van der Waals surface area contributed by atoms with Gasteiger partial charge in [-0.05, 0) is 51.3 Å². The number of carbonyl (C=O) groups is 2. The van der Waals surface area contributed by atoms with Crippen LogP contribution < -0.4 is 15.5 Å². The fourth-order valence-electron chi connectivity index (χ4n) is 5.96. The van der Waals surface area contributed by atoms with Crippen LogP contribution in [0.5, 0.6) is 0 Å². The molecule has 0 aromatic carbocycles. The summed E-state index contributed by atoms with van der Waals surface area (Å²) in [6.45, 7) is 5.48. The summed E-state index contributed by atoms with van der Waals surface area (Å²) in [6, 6.07) is 2.02. The number of halogens is 1. The summed E-state index contributed by atoms with van der Waals surface area (Å²) in [4.78, 5) is 42.3. The van der Waals surface area contributed by atoms with Gasteiger partial charge in [-0.25, -0.2) is 9.97 Å². The number of carbonyl (C=O) groups excluding carboxylic acids is 2. The Morgan fingerprint density at radius 3 is 2.82 bits per heavy atom. The van der Waals surface area contributed by atoms with E-state index in [1.54, 1.807) is 31.7 Å². The topological polar surface area (TPSA) is 121 Å². The Hall–Kier alpha value is -3.57.